The first-order valence-electron chi connectivity index (χ1n) is 5.17. The van der Waals surface area contributed by atoms with Crippen molar-refractivity contribution in [1.29, 1.82) is 0 Å². The van der Waals surface area contributed by atoms with Crippen molar-refractivity contribution < 1.29 is 9.47 Å². The minimum atomic E-state index is 0.567. The van der Waals surface area contributed by atoms with Gasteiger partial charge in [0.15, 0.2) is 0 Å². The molecule has 1 atom stereocenters. The third kappa shape index (κ3) is 10.4. The quantitative estimate of drug-likeness (QED) is 0.484. The maximum Gasteiger partial charge on any atom is 0.0591 e. The van der Waals surface area contributed by atoms with Crippen LogP contribution in [0.3, 0.4) is 0 Å². The number of methoxy groups -OCH3 is 1. The first-order chi connectivity index (χ1) is 6.81. The smallest absolute Gasteiger partial charge is 0.0591 e. The second kappa shape index (κ2) is 11.4. The van der Waals surface area contributed by atoms with Crippen LogP contribution in [0.2, 0.25) is 0 Å². The normalized spacial score (nSPS) is 13.1. The van der Waals surface area contributed by atoms with Gasteiger partial charge in [0.05, 0.1) is 6.61 Å². The summed E-state index contributed by atoms with van der Waals surface area (Å²) in [6, 6.07) is 0.567. The third-order valence-corrected chi connectivity index (χ3v) is 2.38. The minimum absolute atomic E-state index is 0.567. The summed E-state index contributed by atoms with van der Waals surface area (Å²) < 4.78 is 10.3. The van der Waals surface area contributed by atoms with Crippen molar-refractivity contribution in [2.45, 2.75) is 25.8 Å². The molecule has 0 fully saturated rings. The summed E-state index contributed by atoms with van der Waals surface area (Å²) in [6.45, 7) is 5.49. The molecule has 0 bridgehead atoms. The molecule has 0 heterocycles. The van der Waals surface area contributed by atoms with Crippen molar-refractivity contribution >= 4 is 15.9 Å². The molecule has 0 aromatic carbocycles. The van der Waals surface area contributed by atoms with Gasteiger partial charge < -0.3 is 14.8 Å². The van der Waals surface area contributed by atoms with Crippen LogP contribution in [0.15, 0.2) is 0 Å². The molecule has 0 radical (unpaired) electrons. The molecule has 0 rings (SSSR count). The van der Waals surface area contributed by atoms with Crippen molar-refractivity contribution in [2.24, 2.45) is 0 Å². The van der Waals surface area contributed by atoms with E-state index < -0.39 is 0 Å². The molecule has 0 spiro atoms. The summed E-state index contributed by atoms with van der Waals surface area (Å²) in [7, 11) is 1.71. The predicted octanol–water partition coefficient (Wildman–Crippen LogP) is 1.80. The SMILES string of the molecule is COCCCOCCNC(C)CCBr. The Bertz CT molecular complexity index is 114. The fourth-order valence-corrected chi connectivity index (χ4v) is 1.74. The number of hydrogen-bond acceptors (Lipinski definition) is 3. The molecule has 0 aliphatic carbocycles. The van der Waals surface area contributed by atoms with Gasteiger partial charge in [0.2, 0.25) is 0 Å². The van der Waals surface area contributed by atoms with Crippen LogP contribution in [0.1, 0.15) is 19.8 Å². The van der Waals surface area contributed by atoms with Crippen LogP contribution >= 0.6 is 15.9 Å². The fourth-order valence-electron chi connectivity index (χ4n) is 1.05. The van der Waals surface area contributed by atoms with Crippen molar-refractivity contribution in [3.8, 4) is 0 Å². The maximum absolute atomic E-state index is 5.41. The summed E-state index contributed by atoms with van der Waals surface area (Å²) in [5.41, 5.74) is 0. The zero-order chi connectivity index (χ0) is 10.6. The van der Waals surface area contributed by atoms with E-state index >= 15 is 0 Å². The van der Waals surface area contributed by atoms with E-state index in [1.54, 1.807) is 7.11 Å². The monoisotopic (exact) mass is 267 g/mol. The molecule has 0 saturated heterocycles. The Morgan fingerprint density at radius 2 is 2.07 bits per heavy atom. The highest BCUT2D eigenvalue weighted by molar-refractivity contribution is 9.09. The van der Waals surface area contributed by atoms with Crippen LogP contribution in [0.5, 0.6) is 0 Å². The van der Waals surface area contributed by atoms with Gasteiger partial charge in [-0.1, -0.05) is 15.9 Å². The molecule has 0 amide bonds. The molecule has 1 N–H and O–H groups in total. The molecule has 1 unspecified atom stereocenters. The van der Waals surface area contributed by atoms with Gasteiger partial charge in [-0.05, 0) is 19.8 Å². The summed E-state index contributed by atoms with van der Waals surface area (Å²) in [5.74, 6) is 0. The molecular formula is C10H22BrNO2. The Morgan fingerprint density at radius 3 is 2.71 bits per heavy atom. The summed E-state index contributed by atoms with van der Waals surface area (Å²) >= 11 is 3.42. The molecule has 0 aromatic heterocycles. The van der Waals surface area contributed by atoms with Gasteiger partial charge >= 0.3 is 0 Å². The van der Waals surface area contributed by atoms with E-state index in [0.717, 1.165) is 44.5 Å². The predicted molar refractivity (Wildman–Crippen MR) is 63.2 cm³/mol. The molecular weight excluding hydrogens is 246 g/mol. The van der Waals surface area contributed by atoms with Crippen LogP contribution in [0.4, 0.5) is 0 Å². The van der Waals surface area contributed by atoms with Crippen LogP contribution in [0.25, 0.3) is 0 Å². The van der Waals surface area contributed by atoms with E-state index in [0.29, 0.717) is 6.04 Å². The molecule has 0 saturated carbocycles. The molecule has 14 heavy (non-hydrogen) atoms. The number of halogens is 1. The van der Waals surface area contributed by atoms with Crippen LogP contribution < -0.4 is 5.32 Å². The highest BCUT2D eigenvalue weighted by atomic mass is 79.9. The van der Waals surface area contributed by atoms with Gasteiger partial charge in [-0.15, -0.1) is 0 Å². The minimum Gasteiger partial charge on any atom is -0.385 e. The van der Waals surface area contributed by atoms with Gasteiger partial charge in [-0.3, -0.25) is 0 Å². The van der Waals surface area contributed by atoms with Crippen molar-refractivity contribution in [3.05, 3.63) is 0 Å². The van der Waals surface area contributed by atoms with Crippen LogP contribution in [-0.4, -0.2) is 44.8 Å². The lowest BCUT2D eigenvalue weighted by Gasteiger charge is -2.12. The Hall–Kier alpha value is 0.360. The second-order valence-electron chi connectivity index (χ2n) is 3.29. The number of alkyl halides is 1. The molecule has 0 aliphatic heterocycles. The van der Waals surface area contributed by atoms with E-state index in [1.165, 1.54) is 0 Å². The second-order valence-corrected chi connectivity index (χ2v) is 4.08. The Labute approximate surface area is 95.7 Å². The van der Waals surface area contributed by atoms with E-state index in [4.69, 9.17) is 9.47 Å². The van der Waals surface area contributed by atoms with E-state index in [1.807, 2.05) is 0 Å². The van der Waals surface area contributed by atoms with Gasteiger partial charge in [0.1, 0.15) is 0 Å². The lowest BCUT2D eigenvalue weighted by molar-refractivity contribution is 0.103. The maximum atomic E-state index is 5.41. The molecule has 0 aromatic rings. The lowest BCUT2D eigenvalue weighted by atomic mass is 10.3. The molecule has 3 nitrogen and oxygen atoms in total. The van der Waals surface area contributed by atoms with Crippen LogP contribution in [-0.2, 0) is 9.47 Å². The number of nitrogens with one attached hydrogen (secondary N) is 1. The van der Waals surface area contributed by atoms with Gasteiger partial charge in [-0.2, -0.15) is 0 Å². The number of ether oxygens (including phenoxy) is 2. The zero-order valence-corrected chi connectivity index (χ0v) is 10.8. The summed E-state index contributed by atoms with van der Waals surface area (Å²) in [4.78, 5) is 0. The lowest BCUT2D eigenvalue weighted by Crippen LogP contribution is -2.29. The van der Waals surface area contributed by atoms with Gasteiger partial charge in [-0.25, -0.2) is 0 Å². The Morgan fingerprint density at radius 1 is 1.29 bits per heavy atom. The number of rotatable bonds is 10. The average molecular weight is 268 g/mol. The van der Waals surface area contributed by atoms with Crippen molar-refractivity contribution in [3.63, 3.8) is 0 Å². The van der Waals surface area contributed by atoms with E-state index in [9.17, 15) is 0 Å². The summed E-state index contributed by atoms with van der Waals surface area (Å²) in [6.07, 6.45) is 2.14. The van der Waals surface area contributed by atoms with Crippen molar-refractivity contribution in [1.82, 2.24) is 5.32 Å². The van der Waals surface area contributed by atoms with Gasteiger partial charge in [0.25, 0.3) is 0 Å². The largest absolute Gasteiger partial charge is 0.385 e. The zero-order valence-electron chi connectivity index (χ0n) is 9.22. The molecule has 4 heteroatoms. The summed E-state index contributed by atoms with van der Waals surface area (Å²) in [5, 5.41) is 4.44. The standard InChI is InChI=1S/C10H22BrNO2/c1-10(4-5-11)12-6-9-14-8-3-7-13-2/h10,12H,3-9H2,1-2H3. The van der Waals surface area contributed by atoms with Crippen LogP contribution in [0, 0.1) is 0 Å². The molecule has 86 valence electrons. The van der Waals surface area contributed by atoms with Gasteiger partial charge in [0, 0.05) is 38.2 Å². The Kier molecular flexibility index (Phi) is 11.7. The highest BCUT2D eigenvalue weighted by Crippen LogP contribution is 1.93. The van der Waals surface area contributed by atoms with E-state index in [2.05, 4.69) is 28.2 Å². The van der Waals surface area contributed by atoms with E-state index in [-0.39, 0.29) is 0 Å². The first-order valence-corrected chi connectivity index (χ1v) is 6.29. The van der Waals surface area contributed by atoms with Crippen molar-refractivity contribution in [2.75, 3.05) is 38.8 Å². The fraction of sp³-hybridized carbons (Fsp3) is 1.00. The first kappa shape index (κ1) is 14.4. The Balaban J connectivity index is 2.98. The highest BCUT2D eigenvalue weighted by Gasteiger charge is 1.98. The average Bonchev–Trinajstić information content (AvgIpc) is 2.17. The third-order valence-electron chi connectivity index (χ3n) is 1.92. The number of hydrogen-bond donors (Lipinski definition) is 1. The molecule has 0 aliphatic rings. The topological polar surface area (TPSA) is 30.5 Å².